The quantitative estimate of drug-likeness (QED) is 0.352. The van der Waals surface area contributed by atoms with E-state index in [1.165, 1.54) is 0 Å². The van der Waals surface area contributed by atoms with Crippen LogP contribution in [0.2, 0.25) is 5.02 Å². The molecule has 1 saturated heterocycles. The Kier molecular flexibility index (Phi) is 10.6. The second kappa shape index (κ2) is 13.0. The Labute approximate surface area is 174 Å². The number of benzene rings is 1. The maximum absolute atomic E-state index is 6.11. The monoisotopic (exact) mass is 410 g/mol. The third-order valence-electron chi connectivity index (χ3n) is 5.02. The topological polar surface area (TPSA) is 58.1 Å². The number of piperidine rings is 1. The Morgan fingerprint density at radius 1 is 1.32 bits per heavy atom. The third kappa shape index (κ3) is 7.95. The van der Waals surface area contributed by atoms with Crippen molar-refractivity contribution in [2.24, 2.45) is 4.99 Å². The third-order valence-corrected chi connectivity index (χ3v) is 5.25. The zero-order valence-corrected chi connectivity index (χ0v) is 18.2. The van der Waals surface area contributed by atoms with Crippen molar-refractivity contribution in [1.82, 2.24) is 15.5 Å². The summed E-state index contributed by atoms with van der Waals surface area (Å²) < 4.78 is 10.8. The van der Waals surface area contributed by atoms with Gasteiger partial charge in [-0.25, -0.2) is 0 Å². The van der Waals surface area contributed by atoms with Gasteiger partial charge in [0.2, 0.25) is 0 Å². The van der Waals surface area contributed by atoms with Crippen LogP contribution in [0.25, 0.3) is 0 Å². The van der Waals surface area contributed by atoms with Gasteiger partial charge in [-0.3, -0.25) is 4.99 Å². The molecule has 0 amide bonds. The van der Waals surface area contributed by atoms with Gasteiger partial charge in [-0.1, -0.05) is 23.7 Å². The van der Waals surface area contributed by atoms with E-state index in [0.717, 1.165) is 63.6 Å². The normalized spacial score (nSPS) is 17.5. The maximum atomic E-state index is 6.11. The van der Waals surface area contributed by atoms with E-state index in [-0.39, 0.29) is 6.10 Å². The van der Waals surface area contributed by atoms with Gasteiger partial charge >= 0.3 is 0 Å². The molecule has 0 aromatic heterocycles. The summed E-state index contributed by atoms with van der Waals surface area (Å²) in [5, 5.41) is 7.66. The number of hydrogen-bond donors (Lipinski definition) is 2. The van der Waals surface area contributed by atoms with Crippen molar-refractivity contribution in [2.45, 2.75) is 38.3 Å². The molecule has 0 saturated carbocycles. The van der Waals surface area contributed by atoms with Gasteiger partial charge in [0.1, 0.15) is 6.10 Å². The molecule has 2 rings (SSSR count). The molecule has 1 atom stereocenters. The van der Waals surface area contributed by atoms with Gasteiger partial charge in [0.25, 0.3) is 0 Å². The highest BCUT2D eigenvalue weighted by molar-refractivity contribution is 6.30. The van der Waals surface area contributed by atoms with Crippen molar-refractivity contribution in [3.8, 4) is 0 Å². The molecule has 1 aliphatic heterocycles. The minimum atomic E-state index is -0.114. The van der Waals surface area contributed by atoms with Crippen LogP contribution in [0.1, 0.15) is 37.9 Å². The zero-order chi connectivity index (χ0) is 20.2. The van der Waals surface area contributed by atoms with Gasteiger partial charge in [0.05, 0.1) is 6.54 Å². The summed E-state index contributed by atoms with van der Waals surface area (Å²) in [6, 6.07) is 8.22. The largest absolute Gasteiger partial charge is 0.385 e. The lowest BCUT2D eigenvalue weighted by Gasteiger charge is -2.33. The number of guanidine groups is 1. The Balaban J connectivity index is 1.86. The van der Waals surface area contributed by atoms with Crippen LogP contribution >= 0.6 is 11.6 Å². The number of ether oxygens (including phenoxy) is 2. The summed E-state index contributed by atoms with van der Waals surface area (Å²) >= 11 is 6.11. The fourth-order valence-electron chi connectivity index (χ4n) is 3.44. The molecule has 1 fully saturated rings. The first kappa shape index (κ1) is 22.9. The molecule has 0 radical (unpaired) electrons. The molecule has 2 N–H and O–H groups in total. The van der Waals surface area contributed by atoms with E-state index < -0.39 is 0 Å². The second-order valence-corrected chi connectivity index (χ2v) is 7.54. The number of rotatable bonds is 10. The summed E-state index contributed by atoms with van der Waals surface area (Å²) in [6.07, 6.45) is 3.23. The maximum Gasteiger partial charge on any atom is 0.191 e. The molecule has 1 heterocycles. The summed E-state index contributed by atoms with van der Waals surface area (Å²) in [5.41, 5.74) is 1.04. The second-order valence-electron chi connectivity index (χ2n) is 7.11. The number of nitrogens with one attached hydrogen (secondary N) is 2. The molecular formula is C21H35ClN4O2. The van der Waals surface area contributed by atoms with E-state index >= 15 is 0 Å². The molecule has 28 heavy (non-hydrogen) atoms. The average molecular weight is 411 g/mol. The molecule has 0 aliphatic carbocycles. The van der Waals surface area contributed by atoms with Gasteiger partial charge in [0.15, 0.2) is 5.96 Å². The molecule has 6 nitrogen and oxygen atoms in total. The average Bonchev–Trinajstić information content (AvgIpc) is 2.70. The van der Waals surface area contributed by atoms with Crippen molar-refractivity contribution in [3.05, 3.63) is 34.9 Å². The zero-order valence-electron chi connectivity index (χ0n) is 17.4. The van der Waals surface area contributed by atoms with Crippen molar-refractivity contribution < 1.29 is 9.47 Å². The smallest absolute Gasteiger partial charge is 0.191 e. The first-order chi connectivity index (χ1) is 13.7. The van der Waals surface area contributed by atoms with Gasteiger partial charge in [-0.2, -0.15) is 0 Å². The number of hydrogen-bond acceptors (Lipinski definition) is 4. The lowest BCUT2D eigenvalue weighted by molar-refractivity contribution is 0.111. The molecule has 1 aromatic rings. The highest BCUT2D eigenvalue weighted by Crippen LogP contribution is 2.20. The van der Waals surface area contributed by atoms with Crippen molar-refractivity contribution in [3.63, 3.8) is 0 Å². The Hall–Kier alpha value is -1.34. The van der Waals surface area contributed by atoms with E-state index in [1.54, 1.807) is 14.2 Å². The van der Waals surface area contributed by atoms with Crippen LogP contribution in [0.4, 0.5) is 0 Å². The first-order valence-electron chi connectivity index (χ1n) is 10.2. The van der Waals surface area contributed by atoms with Gasteiger partial charge in [-0.15, -0.1) is 0 Å². The van der Waals surface area contributed by atoms with E-state index in [9.17, 15) is 0 Å². The van der Waals surface area contributed by atoms with Crippen LogP contribution in [0.15, 0.2) is 29.3 Å². The minimum Gasteiger partial charge on any atom is -0.385 e. The van der Waals surface area contributed by atoms with Crippen molar-refractivity contribution in [2.75, 3.05) is 53.6 Å². The Bertz CT molecular complexity index is 592. The first-order valence-corrected chi connectivity index (χ1v) is 10.6. The summed E-state index contributed by atoms with van der Waals surface area (Å²) in [4.78, 5) is 7.28. The van der Waals surface area contributed by atoms with Crippen LogP contribution in [0, 0.1) is 0 Å². The van der Waals surface area contributed by atoms with E-state index in [0.29, 0.717) is 17.6 Å². The fourth-order valence-corrected chi connectivity index (χ4v) is 3.64. The molecule has 7 heteroatoms. The van der Waals surface area contributed by atoms with Gasteiger partial charge in [0, 0.05) is 58.1 Å². The van der Waals surface area contributed by atoms with E-state index in [4.69, 9.17) is 26.1 Å². The predicted molar refractivity (Wildman–Crippen MR) is 116 cm³/mol. The summed E-state index contributed by atoms with van der Waals surface area (Å²) in [7, 11) is 3.47. The molecule has 1 aliphatic rings. The molecule has 1 aromatic carbocycles. The Morgan fingerprint density at radius 2 is 2.11 bits per heavy atom. The van der Waals surface area contributed by atoms with Crippen LogP contribution in [0.5, 0.6) is 0 Å². The van der Waals surface area contributed by atoms with Gasteiger partial charge in [-0.05, 0) is 43.9 Å². The fraction of sp³-hybridized carbons (Fsp3) is 0.667. The number of likely N-dealkylation sites (tertiary alicyclic amines) is 1. The number of methoxy groups -OCH3 is 2. The highest BCUT2D eigenvalue weighted by Gasteiger charge is 2.20. The lowest BCUT2D eigenvalue weighted by atomic mass is 10.1. The number of nitrogens with zero attached hydrogens (tertiary/aromatic N) is 2. The van der Waals surface area contributed by atoms with E-state index in [1.807, 2.05) is 24.3 Å². The van der Waals surface area contributed by atoms with Crippen LogP contribution in [0.3, 0.4) is 0 Å². The van der Waals surface area contributed by atoms with Crippen LogP contribution in [-0.2, 0) is 9.47 Å². The lowest BCUT2D eigenvalue weighted by Crippen LogP contribution is -2.49. The predicted octanol–water partition coefficient (Wildman–Crippen LogP) is 3.08. The van der Waals surface area contributed by atoms with E-state index in [2.05, 4.69) is 22.5 Å². The Morgan fingerprint density at radius 3 is 2.75 bits per heavy atom. The number of halogens is 1. The molecule has 1 unspecified atom stereocenters. The standard InChI is InChI=1S/C21H35ClN4O2/c1-4-23-21(24-16-20(28-3)17-7-5-8-18(22)15-17)25-19-9-12-26(13-10-19)11-6-14-27-2/h5,7-8,15,19-20H,4,6,9-14,16H2,1-3H3,(H2,23,24,25). The molecule has 158 valence electrons. The highest BCUT2D eigenvalue weighted by atomic mass is 35.5. The SMILES string of the molecule is CCNC(=NCC(OC)c1cccc(Cl)c1)NC1CCN(CCCOC)CC1. The summed E-state index contributed by atoms with van der Waals surface area (Å²) in [5.74, 6) is 0.851. The van der Waals surface area contributed by atoms with Crippen LogP contribution < -0.4 is 10.6 Å². The van der Waals surface area contributed by atoms with Crippen molar-refractivity contribution >= 4 is 17.6 Å². The van der Waals surface area contributed by atoms with Crippen LogP contribution in [-0.4, -0.2) is 70.5 Å². The molecule has 0 bridgehead atoms. The molecule has 0 spiro atoms. The number of aliphatic imine (C=N–C) groups is 1. The minimum absolute atomic E-state index is 0.114. The summed E-state index contributed by atoms with van der Waals surface area (Å²) in [6.45, 7) is 7.64. The van der Waals surface area contributed by atoms with Crippen molar-refractivity contribution in [1.29, 1.82) is 0 Å². The molecular weight excluding hydrogens is 376 g/mol. The van der Waals surface area contributed by atoms with Gasteiger partial charge < -0.3 is 25.0 Å².